The zero-order valence-electron chi connectivity index (χ0n) is 18.5. The van der Waals surface area contributed by atoms with E-state index in [1.807, 2.05) is 59.5 Å². The minimum atomic E-state index is -0.170. The van der Waals surface area contributed by atoms with Crippen molar-refractivity contribution in [2.75, 3.05) is 36.4 Å². The SMILES string of the molecule is CC(C)CC(=O)N1CCN(c2ccc(Cl)cc2NC(=O)c2cccc3ccccc23)CC1. The lowest BCUT2D eigenvalue weighted by atomic mass is 10.0. The van der Waals surface area contributed by atoms with Gasteiger partial charge in [-0.3, -0.25) is 9.59 Å². The summed E-state index contributed by atoms with van der Waals surface area (Å²) in [6.45, 7) is 6.89. The Morgan fingerprint density at radius 1 is 0.969 bits per heavy atom. The number of rotatable bonds is 5. The van der Waals surface area contributed by atoms with E-state index in [-0.39, 0.29) is 11.8 Å². The van der Waals surface area contributed by atoms with E-state index in [2.05, 4.69) is 24.1 Å². The first-order chi connectivity index (χ1) is 15.4. The molecule has 0 aliphatic carbocycles. The Labute approximate surface area is 194 Å². The normalized spacial score (nSPS) is 14.1. The van der Waals surface area contributed by atoms with Crippen molar-refractivity contribution in [3.63, 3.8) is 0 Å². The number of piperazine rings is 1. The molecule has 1 aliphatic rings. The van der Waals surface area contributed by atoms with Crippen LogP contribution in [0.15, 0.2) is 60.7 Å². The van der Waals surface area contributed by atoms with Gasteiger partial charge in [-0.2, -0.15) is 0 Å². The predicted octanol–water partition coefficient (Wildman–Crippen LogP) is 5.44. The van der Waals surface area contributed by atoms with Crippen LogP contribution in [-0.4, -0.2) is 42.9 Å². The molecule has 3 aromatic rings. The maximum absolute atomic E-state index is 13.2. The Morgan fingerprint density at radius 2 is 1.69 bits per heavy atom. The molecule has 1 fully saturated rings. The minimum Gasteiger partial charge on any atom is -0.366 e. The summed E-state index contributed by atoms with van der Waals surface area (Å²) < 4.78 is 0. The van der Waals surface area contributed by atoms with Crippen molar-refractivity contribution >= 4 is 45.6 Å². The molecular formula is C26H28ClN3O2. The summed E-state index contributed by atoms with van der Waals surface area (Å²) in [4.78, 5) is 29.7. The van der Waals surface area contributed by atoms with Crippen LogP contribution in [0.25, 0.3) is 10.8 Å². The standard InChI is InChI=1S/C26H28ClN3O2/c1-18(2)16-25(31)30-14-12-29(13-15-30)24-11-10-20(27)17-23(24)28-26(32)22-9-5-7-19-6-3-4-8-21(19)22/h3-11,17-18H,12-16H2,1-2H3,(H,28,32). The van der Waals surface area contributed by atoms with Gasteiger partial charge < -0.3 is 15.1 Å². The van der Waals surface area contributed by atoms with Crippen molar-refractivity contribution in [2.45, 2.75) is 20.3 Å². The monoisotopic (exact) mass is 449 g/mol. The molecule has 5 nitrogen and oxygen atoms in total. The second-order valence-corrected chi connectivity index (χ2v) is 9.04. The molecule has 0 saturated carbocycles. The third-order valence-electron chi connectivity index (χ3n) is 5.80. The molecule has 4 rings (SSSR count). The Kier molecular flexibility index (Phi) is 6.66. The second-order valence-electron chi connectivity index (χ2n) is 8.61. The van der Waals surface area contributed by atoms with E-state index in [9.17, 15) is 9.59 Å². The van der Waals surface area contributed by atoms with Crippen molar-refractivity contribution in [1.29, 1.82) is 0 Å². The fourth-order valence-electron chi connectivity index (χ4n) is 4.17. The van der Waals surface area contributed by atoms with Gasteiger partial charge in [-0.05, 0) is 41.0 Å². The molecule has 0 unspecified atom stereocenters. The van der Waals surface area contributed by atoms with Gasteiger partial charge in [0.25, 0.3) is 5.91 Å². The summed E-state index contributed by atoms with van der Waals surface area (Å²) in [6, 6.07) is 19.1. The largest absolute Gasteiger partial charge is 0.366 e. The van der Waals surface area contributed by atoms with Crippen LogP contribution in [0.2, 0.25) is 5.02 Å². The molecule has 1 aliphatic heterocycles. The molecule has 3 aromatic carbocycles. The minimum absolute atomic E-state index is 0.170. The zero-order valence-corrected chi connectivity index (χ0v) is 19.2. The highest BCUT2D eigenvalue weighted by molar-refractivity contribution is 6.31. The molecule has 0 aromatic heterocycles. The van der Waals surface area contributed by atoms with Crippen LogP contribution in [0.1, 0.15) is 30.6 Å². The molecule has 0 bridgehead atoms. The van der Waals surface area contributed by atoms with Crippen LogP contribution in [0.3, 0.4) is 0 Å². The number of halogens is 1. The zero-order chi connectivity index (χ0) is 22.7. The molecule has 0 radical (unpaired) electrons. The summed E-state index contributed by atoms with van der Waals surface area (Å²) in [5.74, 6) is 0.393. The Bertz CT molecular complexity index is 1130. The number of carbonyl (C=O) groups is 2. The Morgan fingerprint density at radius 3 is 2.44 bits per heavy atom. The number of nitrogens with zero attached hydrogens (tertiary/aromatic N) is 2. The lowest BCUT2D eigenvalue weighted by Gasteiger charge is -2.37. The van der Waals surface area contributed by atoms with Crippen LogP contribution in [0, 0.1) is 5.92 Å². The van der Waals surface area contributed by atoms with E-state index in [1.54, 1.807) is 6.07 Å². The number of benzene rings is 3. The number of amides is 2. The van der Waals surface area contributed by atoms with Crippen molar-refractivity contribution < 1.29 is 9.59 Å². The van der Waals surface area contributed by atoms with Gasteiger partial charge in [0.05, 0.1) is 11.4 Å². The number of hydrogen-bond donors (Lipinski definition) is 1. The van der Waals surface area contributed by atoms with E-state index < -0.39 is 0 Å². The highest BCUT2D eigenvalue weighted by atomic mass is 35.5. The predicted molar refractivity (Wildman–Crippen MR) is 132 cm³/mol. The van der Waals surface area contributed by atoms with Gasteiger partial charge in [0, 0.05) is 43.2 Å². The average Bonchev–Trinajstić information content (AvgIpc) is 2.78. The van der Waals surface area contributed by atoms with Gasteiger partial charge in [0.15, 0.2) is 0 Å². The summed E-state index contributed by atoms with van der Waals surface area (Å²) >= 11 is 6.27. The first kappa shape index (κ1) is 22.2. The lowest BCUT2D eigenvalue weighted by Crippen LogP contribution is -2.49. The van der Waals surface area contributed by atoms with Gasteiger partial charge in [-0.25, -0.2) is 0 Å². The Balaban J connectivity index is 1.53. The third-order valence-corrected chi connectivity index (χ3v) is 6.03. The van der Waals surface area contributed by atoms with E-state index in [0.717, 1.165) is 16.5 Å². The highest BCUT2D eigenvalue weighted by Gasteiger charge is 2.24. The fourth-order valence-corrected chi connectivity index (χ4v) is 4.34. The lowest BCUT2D eigenvalue weighted by molar-refractivity contribution is -0.132. The van der Waals surface area contributed by atoms with Crippen LogP contribution < -0.4 is 10.2 Å². The molecule has 1 saturated heterocycles. The quantitative estimate of drug-likeness (QED) is 0.564. The fraction of sp³-hybridized carbons (Fsp3) is 0.308. The first-order valence-electron chi connectivity index (χ1n) is 11.0. The topological polar surface area (TPSA) is 52.7 Å². The summed E-state index contributed by atoms with van der Waals surface area (Å²) in [5.41, 5.74) is 2.22. The summed E-state index contributed by atoms with van der Waals surface area (Å²) in [5, 5.41) is 5.57. The van der Waals surface area contributed by atoms with E-state index in [1.165, 1.54) is 0 Å². The van der Waals surface area contributed by atoms with Crippen molar-refractivity contribution in [3.8, 4) is 0 Å². The number of nitrogens with one attached hydrogen (secondary N) is 1. The van der Waals surface area contributed by atoms with Crippen LogP contribution in [0.5, 0.6) is 0 Å². The highest BCUT2D eigenvalue weighted by Crippen LogP contribution is 2.31. The summed E-state index contributed by atoms with van der Waals surface area (Å²) in [6.07, 6.45) is 0.577. The molecule has 32 heavy (non-hydrogen) atoms. The number of hydrogen-bond acceptors (Lipinski definition) is 3. The van der Waals surface area contributed by atoms with Gasteiger partial charge in [-0.15, -0.1) is 0 Å². The van der Waals surface area contributed by atoms with Crippen molar-refractivity contribution in [2.24, 2.45) is 5.92 Å². The summed E-state index contributed by atoms with van der Waals surface area (Å²) in [7, 11) is 0. The van der Waals surface area contributed by atoms with E-state index in [4.69, 9.17) is 11.6 Å². The van der Waals surface area contributed by atoms with Crippen LogP contribution in [0.4, 0.5) is 11.4 Å². The second kappa shape index (κ2) is 9.61. The van der Waals surface area contributed by atoms with Crippen molar-refractivity contribution in [1.82, 2.24) is 4.90 Å². The van der Waals surface area contributed by atoms with Gasteiger partial charge in [-0.1, -0.05) is 61.8 Å². The van der Waals surface area contributed by atoms with Crippen LogP contribution in [-0.2, 0) is 4.79 Å². The van der Waals surface area contributed by atoms with Crippen LogP contribution >= 0.6 is 11.6 Å². The number of anilines is 2. The van der Waals surface area contributed by atoms with E-state index >= 15 is 0 Å². The maximum atomic E-state index is 13.2. The van der Waals surface area contributed by atoms with Gasteiger partial charge in [0.2, 0.25) is 5.91 Å². The van der Waals surface area contributed by atoms with Gasteiger partial charge in [0.1, 0.15) is 0 Å². The third kappa shape index (κ3) is 4.89. The molecular weight excluding hydrogens is 422 g/mol. The van der Waals surface area contributed by atoms with E-state index in [0.29, 0.717) is 54.8 Å². The Hall–Kier alpha value is -3.05. The number of carbonyl (C=O) groups excluding carboxylic acids is 2. The molecule has 6 heteroatoms. The van der Waals surface area contributed by atoms with Crippen molar-refractivity contribution in [3.05, 3.63) is 71.2 Å². The first-order valence-corrected chi connectivity index (χ1v) is 11.4. The van der Waals surface area contributed by atoms with Gasteiger partial charge >= 0.3 is 0 Å². The smallest absolute Gasteiger partial charge is 0.256 e. The molecule has 0 spiro atoms. The molecule has 1 heterocycles. The molecule has 166 valence electrons. The molecule has 2 amide bonds. The molecule has 1 N–H and O–H groups in total. The number of fused-ring (bicyclic) bond motifs is 1. The average molecular weight is 450 g/mol. The maximum Gasteiger partial charge on any atom is 0.256 e. The molecule has 0 atom stereocenters.